The van der Waals surface area contributed by atoms with Crippen LogP contribution < -0.4 is 5.73 Å². The van der Waals surface area contributed by atoms with E-state index in [4.69, 9.17) is 10.5 Å². The van der Waals surface area contributed by atoms with E-state index in [-0.39, 0.29) is 18.6 Å². The predicted molar refractivity (Wildman–Crippen MR) is 61.0 cm³/mol. The van der Waals surface area contributed by atoms with E-state index in [9.17, 15) is 4.79 Å². The Morgan fingerprint density at radius 3 is 2.94 bits per heavy atom. The van der Waals surface area contributed by atoms with Gasteiger partial charge in [-0.25, -0.2) is 0 Å². The number of hydrogen-bond donors (Lipinski definition) is 1. The monoisotopic (exact) mass is 227 g/mol. The molecule has 16 heavy (non-hydrogen) atoms. The van der Waals surface area contributed by atoms with E-state index >= 15 is 0 Å². The number of morpholine rings is 1. The molecule has 2 heterocycles. The van der Waals surface area contributed by atoms with Crippen molar-refractivity contribution < 1.29 is 9.53 Å². The summed E-state index contributed by atoms with van der Waals surface area (Å²) in [4.78, 5) is 15.9. The van der Waals surface area contributed by atoms with E-state index in [1.54, 1.807) is 0 Å². The van der Waals surface area contributed by atoms with Gasteiger partial charge in [0, 0.05) is 26.2 Å². The Labute approximate surface area is 96.5 Å². The van der Waals surface area contributed by atoms with Crippen molar-refractivity contribution in [3.8, 4) is 0 Å². The molecule has 2 atom stereocenters. The summed E-state index contributed by atoms with van der Waals surface area (Å²) >= 11 is 0. The molecule has 2 fully saturated rings. The van der Waals surface area contributed by atoms with E-state index in [1.165, 1.54) is 6.42 Å². The predicted octanol–water partition coefficient (Wildman–Crippen LogP) is -0.876. The molecule has 2 aliphatic rings. The molecule has 2 saturated heterocycles. The second-order valence-corrected chi connectivity index (χ2v) is 4.88. The van der Waals surface area contributed by atoms with Crippen LogP contribution in [-0.2, 0) is 9.53 Å². The van der Waals surface area contributed by atoms with Crippen LogP contribution in [0.2, 0.25) is 0 Å². The lowest BCUT2D eigenvalue weighted by Gasteiger charge is -2.33. The SMILES string of the molecule is CN1CCC(CN2CC(CN)OCC2=O)C1. The van der Waals surface area contributed by atoms with Gasteiger partial charge in [-0.1, -0.05) is 0 Å². The van der Waals surface area contributed by atoms with Crippen LogP contribution >= 0.6 is 0 Å². The summed E-state index contributed by atoms with van der Waals surface area (Å²) in [5.74, 6) is 0.727. The Hall–Kier alpha value is -0.650. The first-order valence-corrected chi connectivity index (χ1v) is 5.97. The number of amides is 1. The van der Waals surface area contributed by atoms with Gasteiger partial charge in [0.25, 0.3) is 0 Å². The van der Waals surface area contributed by atoms with Crippen molar-refractivity contribution in [3.63, 3.8) is 0 Å². The largest absolute Gasteiger partial charge is 0.365 e. The summed E-state index contributed by atoms with van der Waals surface area (Å²) in [6.07, 6.45) is 1.21. The minimum Gasteiger partial charge on any atom is -0.365 e. The van der Waals surface area contributed by atoms with Gasteiger partial charge in [-0.15, -0.1) is 0 Å². The molecule has 0 aromatic heterocycles. The van der Waals surface area contributed by atoms with Crippen LogP contribution in [0, 0.1) is 5.92 Å². The second kappa shape index (κ2) is 5.12. The number of carbonyl (C=O) groups excluding carboxylic acids is 1. The number of carbonyl (C=O) groups is 1. The lowest BCUT2D eigenvalue weighted by Crippen LogP contribution is -2.50. The fourth-order valence-corrected chi connectivity index (χ4v) is 2.49. The first-order chi connectivity index (χ1) is 7.69. The zero-order valence-corrected chi connectivity index (χ0v) is 9.89. The van der Waals surface area contributed by atoms with Crippen LogP contribution in [0.3, 0.4) is 0 Å². The molecule has 2 aliphatic heterocycles. The van der Waals surface area contributed by atoms with E-state index in [0.717, 1.165) is 19.6 Å². The molecule has 1 amide bonds. The average molecular weight is 227 g/mol. The average Bonchev–Trinajstić information content (AvgIpc) is 2.67. The topological polar surface area (TPSA) is 58.8 Å². The fraction of sp³-hybridized carbons (Fsp3) is 0.909. The Kier molecular flexibility index (Phi) is 3.78. The van der Waals surface area contributed by atoms with Crippen molar-refractivity contribution in [3.05, 3.63) is 0 Å². The van der Waals surface area contributed by atoms with Crippen molar-refractivity contribution in [2.45, 2.75) is 12.5 Å². The van der Waals surface area contributed by atoms with Crippen LogP contribution in [0.5, 0.6) is 0 Å². The molecular weight excluding hydrogens is 206 g/mol. The third-order valence-corrected chi connectivity index (χ3v) is 3.45. The third-order valence-electron chi connectivity index (χ3n) is 3.45. The molecule has 0 aromatic rings. The van der Waals surface area contributed by atoms with Crippen molar-refractivity contribution >= 4 is 5.91 Å². The smallest absolute Gasteiger partial charge is 0.248 e. The maximum absolute atomic E-state index is 11.7. The van der Waals surface area contributed by atoms with Gasteiger partial charge in [-0.2, -0.15) is 0 Å². The molecule has 0 aliphatic carbocycles. The molecule has 5 nitrogen and oxygen atoms in total. The summed E-state index contributed by atoms with van der Waals surface area (Å²) in [5, 5.41) is 0. The Bertz CT molecular complexity index is 260. The zero-order chi connectivity index (χ0) is 11.5. The fourth-order valence-electron chi connectivity index (χ4n) is 2.49. The normalized spacial score (nSPS) is 32.4. The van der Waals surface area contributed by atoms with Crippen molar-refractivity contribution in [1.82, 2.24) is 9.80 Å². The molecule has 2 unspecified atom stereocenters. The second-order valence-electron chi connectivity index (χ2n) is 4.88. The maximum atomic E-state index is 11.7. The number of hydrogen-bond acceptors (Lipinski definition) is 4. The Morgan fingerprint density at radius 2 is 2.31 bits per heavy atom. The summed E-state index contributed by atoms with van der Waals surface area (Å²) in [5.41, 5.74) is 5.57. The summed E-state index contributed by atoms with van der Waals surface area (Å²) in [6.45, 7) is 4.46. The lowest BCUT2D eigenvalue weighted by atomic mass is 10.1. The third kappa shape index (κ3) is 2.72. The van der Waals surface area contributed by atoms with Gasteiger partial charge in [0.1, 0.15) is 6.61 Å². The molecule has 2 rings (SSSR count). The molecule has 0 spiro atoms. The Morgan fingerprint density at radius 1 is 1.50 bits per heavy atom. The minimum atomic E-state index is 0.0248. The van der Waals surface area contributed by atoms with E-state index in [1.807, 2.05) is 4.90 Å². The minimum absolute atomic E-state index is 0.0248. The highest BCUT2D eigenvalue weighted by atomic mass is 16.5. The van der Waals surface area contributed by atoms with E-state index in [2.05, 4.69) is 11.9 Å². The van der Waals surface area contributed by atoms with Crippen LogP contribution in [0.15, 0.2) is 0 Å². The van der Waals surface area contributed by atoms with E-state index in [0.29, 0.717) is 19.0 Å². The number of ether oxygens (including phenoxy) is 1. The first kappa shape index (κ1) is 11.8. The van der Waals surface area contributed by atoms with Crippen LogP contribution in [-0.4, -0.2) is 68.2 Å². The summed E-state index contributed by atoms with van der Waals surface area (Å²) in [6, 6.07) is 0. The maximum Gasteiger partial charge on any atom is 0.248 e. The number of nitrogens with zero attached hydrogens (tertiary/aromatic N) is 2. The van der Waals surface area contributed by atoms with Crippen LogP contribution in [0.1, 0.15) is 6.42 Å². The lowest BCUT2D eigenvalue weighted by molar-refractivity contribution is -0.149. The molecule has 2 N–H and O–H groups in total. The van der Waals surface area contributed by atoms with Gasteiger partial charge in [-0.3, -0.25) is 4.79 Å². The highest BCUT2D eigenvalue weighted by Crippen LogP contribution is 2.17. The van der Waals surface area contributed by atoms with Gasteiger partial charge in [0.15, 0.2) is 0 Å². The standard InChI is InChI=1S/C11H21N3O2/c1-13-3-2-9(5-13)6-14-7-10(4-12)16-8-11(14)15/h9-10H,2-8,12H2,1H3. The summed E-state index contributed by atoms with van der Waals surface area (Å²) < 4.78 is 5.33. The quantitative estimate of drug-likeness (QED) is 0.680. The van der Waals surface area contributed by atoms with Gasteiger partial charge < -0.3 is 20.3 Å². The molecular formula is C11H21N3O2. The molecule has 0 aromatic carbocycles. The molecule has 92 valence electrons. The number of likely N-dealkylation sites (tertiary alicyclic amines) is 1. The van der Waals surface area contributed by atoms with Crippen molar-refractivity contribution in [2.24, 2.45) is 11.7 Å². The van der Waals surface area contributed by atoms with Crippen molar-refractivity contribution in [1.29, 1.82) is 0 Å². The van der Waals surface area contributed by atoms with Gasteiger partial charge >= 0.3 is 0 Å². The van der Waals surface area contributed by atoms with Crippen LogP contribution in [0.25, 0.3) is 0 Å². The van der Waals surface area contributed by atoms with Gasteiger partial charge in [0.2, 0.25) is 5.91 Å². The first-order valence-electron chi connectivity index (χ1n) is 5.97. The molecule has 0 saturated carbocycles. The highest BCUT2D eigenvalue weighted by molar-refractivity contribution is 5.78. The molecule has 5 heteroatoms. The number of rotatable bonds is 3. The van der Waals surface area contributed by atoms with Crippen molar-refractivity contribution in [2.75, 3.05) is 46.4 Å². The van der Waals surface area contributed by atoms with Gasteiger partial charge in [0.05, 0.1) is 6.10 Å². The Balaban J connectivity index is 1.85. The number of nitrogens with two attached hydrogens (primary N) is 1. The molecule has 0 radical (unpaired) electrons. The van der Waals surface area contributed by atoms with Crippen LogP contribution in [0.4, 0.5) is 0 Å². The zero-order valence-electron chi connectivity index (χ0n) is 9.89. The van der Waals surface area contributed by atoms with Gasteiger partial charge in [-0.05, 0) is 25.9 Å². The highest BCUT2D eigenvalue weighted by Gasteiger charge is 2.29. The molecule has 0 bridgehead atoms. The summed E-state index contributed by atoms with van der Waals surface area (Å²) in [7, 11) is 2.13. The van der Waals surface area contributed by atoms with E-state index < -0.39 is 0 Å².